The van der Waals surface area contributed by atoms with Crippen LogP contribution in [-0.4, -0.2) is 23.5 Å². The van der Waals surface area contributed by atoms with Gasteiger partial charge >= 0.3 is 0 Å². The minimum absolute atomic E-state index is 0.497. The Morgan fingerprint density at radius 2 is 2.33 bits per heavy atom. The van der Waals surface area contributed by atoms with Gasteiger partial charge in [0.1, 0.15) is 11.8 Å². The molecule has 1 rings (SSSR count). The zero-order valence-corrected chi connectivity index (χ0v) is 9.40. The first-order chi connectivity index (χ1) is 7.26. The summed E-state index contributed by atoms with van der Waals surface area (Å²) in [5, 5.41) is 8.71. The molecule has 3 nitrogen and oxygen atoms in total. The lowest BCUT2D eigenvalue weighted by molar-refractivity contribution is 0.320. The summed E-state index contributed by atoms with van der Waals surface area (Å²) < 4.78 is 0. The topological polar surface area (TPSA) is 39.9 Å². The van der Waals surface area contributed by atoms with Crippen LogP contribution >= 0.6 is 0 Å². The van der Waals surface area contributed by atoms with Crippen LogP contribution in [0.5, 0.6) is 0 Å². The highest BCUT2D eigenvalue weighted by atomic mass is 15.1. The second-order valence-electron chi connectivity index (χ2n) is 3.75. The first-order valence-electron chi connectivity index (χ1n) is 5.30. The Labute approximate surface area is 91.4 Å². The van der Waals surface area contributed by atoms with Gasteiger partial charge in [-0.25, -0.2) is 4.98 Å². The minimum Gasteiger partial charge on any atom is -0.302 e. The Kier molecular flexibility index (Phi) is 4.79. The average Bonchev–Trinajstić information content (AvgIpc) is 2.26. The van der Waals surface area contributed by atoms with Gasteiger partial charge in [-0.3, -0.25) is 0 Å². The average molecular weight is 203 g/mol. The van der Waals surface area contributed by atoms with Crippen molar-refractivity contribution in [2.75, 3.05) is 13.6 Å². The summed E-state index contributed by atoms with van der Waals surface area (Å²) >= 11 is 0. The summed E-state index contributed by atoms with van der Waals surface area (Å²) in [5.74, 6) is 0. The fraction of sp³-hybridized carbons (Fsp3) is 0.500. The lowest BCUT2D eigenvalue weighted by Crippen LogP contribution is -2.18. The summed E-state index contributed by atoms with van der Waals surface area (Å²) in [6.07, 6.45) is 4.12. The molecular weight excluding hydrogens is 186 g/mol. The van der Waals surface area contributed by atoms with Gasteiger partial charge in [0.25, 0.3) is 0 Å². The number of nitrogens with zero attached hydrogens (tertiary/aromatic N) is 3. The summed E-state index contributed by atoms with van der Waals surface area (Å²) in [7, 11) is 2.10. The van der Waals surface area contributed by atoms with Crippen molar-refractivity contribution >= 4 is 0 Å². The van der Waals surface area contributed by atoms with Crippen molar-refractivity contribution in [3.8, 4) is 6.07 Å². The van der Waals surface area contributed by atoms with E-state index in [9.17, 15) is 0 Å². The molecule has 1 aromatic heterocycles. The van der Waals surface area contributed by atoms with Crippen LogP contribution in [0.2, 0.25) is 0 Å². The lowest BCUT2D eigenvalue weighted by atomic mass is 10.2. The van der Waals surface area contributed by atoms with Gasteiger partial charge in [-0.15, -0.1) is 0 Å². The van der Waals surface area contributed by atoms with Crippen LogP contribution in [0.15, 0.2) is 18.3 Å². The molecule has 15 heavy (non-hydrogen) atoms. The molecule has 0 saturated carbocycles. The normalized spacial score (nSPS) is 10.3. The van der Waals surface area contributed by atoms with E-state index in [2.05, 4.69) is 29.9 Å². The van der Waals surface area contributed by atoms with E-state index in [1.807, 2.05) is 12.1 Å². The molecule has 0 atom stereocenters. The zero-order chi connectivity index (χ0) is 11.1. The molecular formula is C12H17N3. The molecule has 1 aromatic rings. The van der Waals surface area contributed by atoms with Crippen LogP contribution in [0.4, 0.5) is 0 Å². The van der Waals surface area contributed by atoms with Gasteiger partial charge in [0, 0.05) is 12.7 Å². The van der Waals surface area contributed by atoms with Crippen molar-refractivity contribution in [2.45, 2.75) is 26.3 Å². The van der Waals surface area contributed by atoms with Crippen molar-refractivity contribution in [1.29, 1.82) is 5.26 Å². The maximum atomic E-state index is 8.71. The number of pyridine rings is 1. The van der Waals surface area contributed by atoms with E-state index in [-0.39, 0.29) is 0 Å². The molecule has 0 aromatic carbocycles. The van der Waals surface area contributed by atoms with E-state index in [1.165, 1.54) is 12.8 Å². The predicted molar refractivity (Wildman–Crippen MR) is 60.2 cm³/mol. The fourth-order valence-electron chi connectivity index (χ4n) is 1.45. The maximum Gasteiger partial charge on any atom is 0.140 e. The van der Waals surface area contributed by atoms with E-state index in [0.717, 1.165) is 18.7 Å². The first-order valence-corrected chi connectivity index (χ1v) is 5.30. The van der Waals surface area contributed by atoms with E-state index >= 15 is 0 Å². The predicted octanol–water partition coefficient (Wildman–Crippen LogP) is 2.19. The minimum atomic E-state index is 0.497. The number of aromatic nitrogens is 1. The largest absolute Gasteiger partial charge is 0.302 e. The van der Waals surface area contributed by atoms with Gasteiger partial charge < -0.3 is 4.90 Å². The smallest absolute Gasteiger partial charge is 0.140 e. The van der Waals surface area contributed by atoms with Crippen LogP contribution in [0.3, 0.4) is 0 Å². The van der Waals surface area contributed by atoms with Crippen LogP contribution in [0.1, 0.15) is 31.0 Å². The van der Waals surface area contributed by atoms with Gasteiger partial charge in [0.2, 0.25) is 0 Å². The van der Waals surface area contributed by atoms with Crippen LogP contribution in [-0.2, 0) is 6.54 Å². The number of unbranched alkanes of at least 4 members (excludes halogenated alkanes) is 1. The molecule has 0 unspecified atom stereocenters. The third-order valence-corrected chi connectivity index (χ3v) is 2.28. The molecule has 0 bridgehead atoms. The zero-order valence-electron chi connectivity index (χ0n) is 9.40. The molecule has 1 heterocycles. The Bertz CT molecular complexity index is 341. The highest BCUT2D eigenvalue weighted by molar-refractivity contribution is 5.25. The molecule has 0 radical (unpaired) electrons. The molecule has 0 N–H and O–H groups in total. The van der Waals surface area contributed by atoms with Gasteiger partial charge in [-0.05, 0) is 37.7 Å². The Morgan fingerprint density at radius 1 is 1.53 bits per heavy atom. The summed E-state index contributed by atoms with van der Waals surface area (Å²) in [4.78, 5) is 6.21. The molecule has 3 heteroatoms. The molecule has 0 spiro atoms. The molecule has 0 aliphatic heterocycles. The SMILES string of the molecule is CCCCN(C)Cc1ccnc(C#N)c1. The van der Waals surface area contributed by atoms with Crippen LogP contribution in [0, 0.1) is 11.3 Å². The van der Waals surface area contributed by atoms with E-state index < -0.39 is 0 Å². The second-order valence-corrected chi connectivity index (χ2v) is 3.75. The van der Waals surface area contributed by atoms with Crippen molar-refractivity contribution in [2.24, 2.45) is 0 Å². The third kappa shape index (κ3) is 4.09. The van der Waals surface area contributed by atoms with E-state index in [1.54, 1.807) is 6.20 Å². The third-order valence-electron chi connectivity index (χ3n) is 2.28. The van der Waals surface area contributed by atoms with Gasteiger partial charge in [-0.1, -0.05) is 13.3 Å². The van der Waals surface area contributed by atoms with Crippen molar-refractivity contribution in [1.82, 2.24) is 9.88 Å². The maximum absolute atomic E-state index is 8.71. The highest BCUT2D eigenvalue weighted by Gasteiger charge is 2.00. The second kappa shape index (κ2) is 6.15. The molecule has 0 fully saturated rings. The molecule has 0 saturated heterocycles. The number of nitriles is 1. The molecule has 0 aliphatic rings. The van der Waals surface area contributed by atoms with E-state index in [0.29, 0.717) is 5.69 Å². The monoisotopic (exact) mass is 203 g/mol. The standard InChI is InChI=1S/C12H17N3/c1-3-4-7-15(2)10-11-5-6-14-12(8-11)9-13/h5-6,8H,3-4,7,10H2,1-2H3. The molecule has 80 valence electrons. The summed E-state index contributed by atoms with van der Waals surface area (Å²) in [5.41, 5.74) is 1.65. The first kappa shape index (κ1) is 11.7. The number of rotatable bonds is 5. The van der Waals surface area contributed by atoms with Gasteiger partial charge in [0.05, 0.1) is 0 Å². The van der Waals surface area contributed by atoms with Crippen molar-refractivity contribution in [3.05, 3.63) is 29.6 Å². The van der Waals surface area contributed by atoms with Crippen molar-refractivity contribution < 1.29 is 0 Å². The Balaban J connectivity index is 2.53. The molecule has 0 aliphatic carbocycles. The van der Waals surface area contributed by atoms with Gasteiger partial charge in [0.15, 0.2) is 0 Å². The fourth-order valence-corrected chi connectivity index (χ4v) is 1.45. The highest BCUT2D eigenvalue weighted by Crippen LogP contribution is 2.05. The number of hydrogen-bond donors (Lipinski definition) is 0. The molecule has 0 amide bonds. The van der Waals surface area contributed by atoms with Crippen LogP contribution < -0.4 is 0 Å². The summed E-state index contributed by atoms with van der Waals surface area (Å²) in [6, 6.07) is 5.87. The lowest BCUT2D eigenvalue weighted by Gasteiger charge is -2.15. The quantitative estimate of drug-likeness (QED) is 0.736. The van der Waals surface area contributed by atoms with Crippen molar-refractivity contribution in [3.63, 3.8) is 0 Å². The van der Waals surface area contributed by atoms with E-state index in [4.69, 9.17) is 5.26 Å². The number of hydrogen-bond acceptors (Lipinski definition) is 3. The summed E-state index contributed by atoms with van der Waals surface area (Å²) in [6.45, 7) is 4.17. The van der Waals surface area contributed by atoms with Gasteiger partial charge in [-0.2, -0.15) is 5.26 Å². The van der Waals surface area contributed by atoms with Crippen LogP contribution in [0.25, 0.3) is 0 Å². The Hall–Kier alpha value is -1.40. The Morgan fingerprint density at radius 3 is 3.00 bits per heavy atom.